The van der Waals surface area contributed by atoms with Gasteiger partial charge in [0.2, 0.25) is 0 Å². The van der Waals surface area contributed by atoms with Gasteiger partial charge in [-0.15, -0.1) is 0 Å². The molecule has 1 N–H and O–H groups in total. The quantitative estimate of drug-likeness (QED) is 0.303. The summed E-state index contributed by atoms with van der Waals surface area (Å²) in [6, 6.07) is 19.7. The highest BCUT2D eigenvalue weighted by molar-refractivity contribution is 6.39. The van der Waals surface area contributed by atoms with E-state index in [0.29, 0.717) is 16.4 Å². The molecule has 5 rings (SSSR count). The molecule has 0 radical (unpaired) electrons. The van der Waals surface area contributed by atoms with E-state index in [1.165, 1.54) is 0 Å². The topological polar surface area (TPSA) is 46.0 Å². The summed E-state index contributed by atoms with van der Waals surface area (Å²) in [6.07, 6.45) is 0. The summed E-state index contributed by atoms with van der Waals surface area (Å²) in [5.41, 5.74) is 2.80. The van der Waals surface area contributed by atoms with Crippen LogP contribution in [0.25, 0.3) is 43.6 Å². The van der Waals surface area contributed by atoms with Crippen molar-refractivity contribution in [3.8, 4) is 5.75 Å². The molecule has 0 bridgehead atoms. The van der Waals surface area contributed by atoms with Crippen LogP contribution in [0.4, 0.5) is 0 Å². The lowest BCUT2D eigenvalue weighted by molar-refractivity contribution is 0.482. The minimum Gasteiger partial charge on any atom is -0.506 e. The van der Waals surface area contributed by atoms with Crippen molar-refractivity contribution in [1.29, 1.82) is 0 Å². The van der Waals surface area contributed by atoms with Gasteiger partial charge in [0.15, 0.2) is 0 Å². The highest BCUT2D eigenvalue weighted by atomic mass is 35.5. The van der Waals surface area contributed by atoms with Gasteiger partial charge in [-0.05, 0) is 22.9 Å². The fourth-order valence-electron chi connectivity index (χ4n) is 3.21. The molecular weight excluding hydrogens is 320 g/mol. The molecule has 4 aromatic carbocycles. The first kappa shape index (κ1) is 13.5. The molecule has 0 saturated heterocycles. The third-order valence-corrected chi connectivity index (χ3v) is 4.74. The van der Waals surface area contributed by atoms with Crippen molar-refractivity contribution in [2.45, 2.75) is 0 Å². The van der Waals surface area contributed by atoms with Gasteiger partial charge in [0, 0.05) is 10.8 Å². The molecular formula is C20H11ClN2O. The number of phenols is 1. The van der Waals surface area contributed by atoms with Crippen LogP contribution in [0.5, 0.6) is 5.75 Å². The number of halogens is 1. The van der Waals surface area contributed by atoms with Crippen LogP contribution < -0.4 is 0 Å². The summed E-state index contributed by atoms with van der Waals surface area (Å²) in [6.45, 7) is 0. The first-order valence-corrected chi connectivity index (χ1v) is 7.99. The molecule has 0 saturated carbocycles. The molecule has 24 heavy (non-hydrogen) atoms. The molecule has 0 amide bonds. The molecule has 1 heterocycles. The molecule has 4 heteroatoms. The monoisotopic (exact) mass is 330 g/mol. The molecule has 0 atom stereocenters. The zero-order chi connectivity index (χ0) is 16.3. The molecule has 0 aliphatic carbocycles. The largest absolute Gasteiger partial charge is 0.506 e. The Balaban J connectivity index is 2.03. The molecule has 114 valence electrons. The van der Waals surface area contributed by atoms with Crippen molar-refractivity contribution < 1.29 is 5.11 Å². The van der Waals surface area contributed by atoms with Crippen molar-refractivity contribution in [2.24, 2.45) is 0 Å². The Kier molecular flexibility index (Phi) is 2.70. The second-order valence-corrected chi connectivity index (χ2v) is 6.20. The number of aromatic nitrogens is 2. The Morgan fingerprint density at radius 2 is 1.25 bits per heavy atom. The van der Waals surface area contributed by atoms with E-state index in [0.717, 1.165) is 27.2 Å². The highest BCUT2D eigenvalue weighted by Gasteiger charge is 2.15. The van der Waals surface area contributed by atoms with Crippen LogP contribution in [-0.4, -0.2) is 15.1 Å². The number of nitrogens with zero attached hydrogens (tertiary/aromatic N) is 2. The van der Waals surface area contributed by atoms with Gasteiger partial charge in [-0.3, -0.25) is 0 Å². The van der Waals surface area contributed by atoms with Crippen molar-refractivity contribution in [2.75, 3.05) is 0 Å². The Morgan fingerprint density at radius 1 is 0.708 bits per heavy atom. The Bertz CT molecular complexity index is 1280. The van der Waals surface area contributed by atoms with Gasteiger partial charge in [0.25, 0.3) is 0 Å². The number of aromatic hydroxyl groups is 1. The Hall–Kier alpha value is -2.91. The van der Waals surface area contributed by atoms with E-state index in [4.69, 9.17) is 16.6 Å². The summed E-state index contributed by atoms with van der Waals surface area (Å²) in [5, 5.41) is 14.4. The second kappa shape index (κ2) is 4.79. The lowest BCUT2D eigenvalue weighted by Gasteiger charge is -2.09. The number of hydrogen-bond acceptors (Lipinski definition) is 3. The highest BCUT2D eigenvalue weighted by Crippen LogP contribution is 2.39. The third-order valence-electron chi connectivity index (χ3n) is 4.38. The molecule has 1 aromatic heterocycles. The molecule has 5 aromatic rings. The van der Waals surface area contributed by atoms with Gasteiger partial charge < -0.3 is 5.11 Å². The van der Waals surface area contributed by atoms with Gasteiger partial charge in [-0.1, -0.05) is 60.1 Å². The fourth-order valence-corrected chi connectivity index (χ4v) is 3.44. The zero-order valence-electron chi connectivity index (χ0n) is 12.5. The van der Waals surface area contributed by atoms with Crippen LogP contribution in [0, 0.1) is 0 Å². The molecule has 0 fully saturated rings. The van der Waals surface area contributed by atoms with Gasteiger partial charge in [0.1, 0.15) is 16.3 Å². The van der Waals surface area contributed by atoms with Crippen molar-refractivity contribution >= 4 is 55.2 Å². The third kappa shape index (κ3) is 1.79. The van der Waals surface area contributed by atoms with Crippen LogP contribution in [-0.2, 0) is 0 Å². The summed E-state index contributed by atoms with van der Waals surface area (Å²) < 4.78 is 0. The SMILES string of the molecule is Oc1c(Cl)c2nc3cc4ccccc4cc3nc2c2ccccc12. The van der Waals surface area contributed by atoms with Crippen molar-refractivity contribution in [3.05, 3.63) is 65.7 Å². The molecule has 0 spiro atoms. The predicted molar refractivity (Wildman–Crippen MR) is 98.7 cm³/mol. The van der Waals surface area contributed by atoms with Gasteiger partial charge in [-0.25, -0.2) is 9.97 Å². The van der Waals surface area contributed by atoms with Crippen molar-refractivity contribution in [3.63, 3.8) is 0 Å². The minimum atomic E-state index is 0.0502. The van der Waals surface area contributed by atoms with E-state index in [-0.39, 0.29) is 10.8 Å². The number of hydrogen-bond donors (Lipinski definition) is 1. The molecule has 0 aliphatic heterocycles. The van der Waals surface area contributed by atoms with Crippen LogP contribution in [0.1, 0.15) is 0 Å². The van der Waals surface area contributed by atoms with E-state index in [2.05, 4.69) is 11.1 Å². The Morgan fingerprint density at radius 3 is 1.92 bits per heavy atom. The van der Waals surface area contributed by atoms with Gasteiger partial charge in [0.05, 0.1) is 16.6 Å². The standard InChI is InChI=1S/C20H11ClN2O/c21-17-19-18(13-7-3-4-8-14(13)20(17)24)22-15-9-11-5-1-2-6-12(11)10-16(15)23-19/h1-10,24H. The lowest BCUT2D eigenvalue weighted by atomic mass is 10.1. The normalized spacial score (nSPS) is 11.7. The number of benzene rings is 4. The van der Waals surface area contributed by atoms with Gasteiger partial charge in [-0.2, -0.15) is 0 Å². The predicted octanol–water partition coefficient (Wildman–Crippen LogP) is 5.45. The molecule has 0 unspecified atom stereocenters. The van der Waals surface area contributed by atoms with Crippen LogP contribution >= 0.6 is 11.6 Å². The Labute approximate surface area is 142 Å². The van der Waals surface area contributed by atoms with E-state index in [1.54, 1.807) is 0 Å². The van der Waals surface area contributed by atoms with Gasteiger partial charge >= 0.3 is 0 Å². The average Bonchev–Trinajstić information content (AvgIpc) is 2.63. The fraction of sp³-hybridized carbons (Fsp3) is 0. The summed E-state index contributed by atoms with van der Waals surface area (Å²) in [7, 11) is 0. The summed E-state index contributed by atoms with van der Waals surface area (Å²) in [5.74, 6) is 0.0502. The van der Waals surface area contributed by atoms with Crippen LogP contribution in [0.15, 0.2) is 60.7 Å². The number of fused-ring (bicyclic) bond motifs is 5. The van der Waals surface area contributed by atoms with E-state index in [9.17, 15) is 5.11 Å². The maximum atomic E-state index is 10.4. The number of phenolic OH excluding ortho intramolecular Hbond substituents is 1. The molecule has 3 nitrogen and oxygen atoms in total. The van der Waals surface area contributed by atoms with E-state index < -0.39 is 0 Å². The lowest BCUT2D eigenvalue weighted by Crippen LogP contribution is -1.91. The first-order valence-electron chi connectivity index (χ1n) is 7.62. The summed E-state index contributed by atoms with van der Waals surface area (Å²) >= 11 is 6.37. The minimum absolute atomic E-state index is 0.0502. The number of rotatable bonds is 0. The first-order chi connectivity index (χ1) is 11.7. The maximum Gasteiger partial charge on any atom is 0.144 e. The smallest absolute Gasteiger partial charge is 0.144 e. The van der Waals surface area contributed by atoms with E-state index >= 15 is 0 Å². The molecule has 0 aliphatic rings. The van der Waals surface area contributed by atoms with Crippen LogP contribution in [0.3, 0.4) is 0 Å². The summed E-state index contributed by atoms with van der Waals surface area (Å²) in [4.78, 5) is 9.48. The van der Waals surface area contributed by atoms with Crippen molar-refractivity contribution in [1.82, 2.24) is 9.97 Å². The second-order valence-electron chi connectivity index (χ2n) is 5.82. The van der Waals surface area contributed by atoms with E-state index in [1.807, 2.05) is 54.6 Å². The maximum absolute atomic E-state index is 10.4. The van der Waals surface area contributed by atoms with Crippen LogP contribution in [0.2, 0.25) is 5.02 Å². The zero-order valence-corrected chi connectivity index (χ0v) is 13.2. The average molecular weight is 331 g/mol.